The number of nitrogens with zero attached hydrogens (tertiary/aromatic N) is 2. The Morgan fingerprint density at radius 1 is 0.750 bits per heavy atom. The number of hydrogen-bond donors (Lipinski definition) is 4. The van der Waals surface area contributed by atoms with Crippen molar-refractivity contribution in [3.05, 3.63) is 96.1 Å². The van der Waals surface area contributed by atoms with Crippen molar-refractivity contribution in [3.8, 4) is 0 Å². The maximum atomic E-state index is 15.5. The van der Waals surface area contributed by atoms with Gasteiger partial charge in [-0.25, -0.2) is 19.2 Å². The maximum Gasteiger partial charge on any atom is 0.338 e. The van der Waals surface area contributed by atoms with Crippen LogP contribution in [-0.2, 0) is 18.9 Å². The summed E-state index contributed by atoms with van der Waals surface area (Å²) in [6.45, 7) is -1.10. The van der Waals surface area contributed by atoms with E-state index in [-0.39, 0.29) is 37.3 Å². The molecular formula is C34H36F4N4O10. The van der Waals surface area contributed by atoms with Gasteiger partial charge in [0.2, 0.25) is 12.5 Å². The fourth-order valence-corrected chi connectivity index (χ4v) is 5.61. The van der Waals surface area contributed by atoms with Crippen LogP contribution in [0.3, 0.4) is 0 Å². The Labute approximate surface area is 294 Å². The van der Waals surface area contributed by atoms with Crippen LogP contribution in [0.2, 0.25) is 0 Å². The van der Waals surface area contributed by atoms with Crippen molar-refractivity contribution in [2.75, 3.05) is 39.4 Å². The van der Waals surface area contributed by atoms with Crippen LogP contribution in [0.1, 0.15) is 20.7 Å². The summed E-state index contributed by atoms with van der Waals surface area (Å²) < 4.78 is 79.4. The first-order valence-electron chi connectivity index (χ1n) is 16.1. The van der Waals surface area contributed by atoms with Crippen molar-refractivity contribution in [2.24, 2.45) is 0 Å². The summed E-state index contributed by atoms with van der Waals surface area (Å²) in [5.74, 6) is -9.15. The Balaban J connectivity index is 0.000000244. The highest BCUT2D eigenvalue weighted by atomic mass is 19.3. The van der Waals surface area contributed by atoms with Crippen molar-refractivity contribution >= 4 is 24.0 Å². The molecule has 14 nitrogen and oxygen atoms in total. The molecule has 0 bridgehead atoms. The number of urea groups is 2. The average molecular weight is 737 g/mol. The number of alkyl halides is 4. The number of hydrogen-bond acceptors (Lipinski definition) is 10. The molecule has 6 atom stereocenters. The van der Waals surface area contributed by atoms with Crippen molar-refractivity contribution in [1.29, 1.82) is 0 Å². The van der Waals surface area contributed by atoms with E-state index in [9.17, 15) is 33.1 Å². The Bertz CT molecular complexity index is 1630. The number of amides is 4. The summed E-state index contributed by atoms with van der Waals surface area (Å²) in [6, 6.07) is 14.2. The van der Waals surface area contributed by atoms with Crippen LogP contribution in [-0.4, -0.2) is 132 Å². The van der Waals surface area contributed by atoms with Crippen molar-refractivity contribution in [1.82, 2.24) is 20.4 Å². The van der Waals surface area contributed by atoms with E-state index in [1.54, 1.807) is 60.7 Å². The average Bonchev–Trinajstić information content (AvgIpc) is 3.31. The summed E-state index contributed by atoms with van der Waals surface area (Å²) in [5.41, 5.74) is 0.288. The molecule has 2 fully saturated rings. The molecule has 0 spiro atoms. The Hall–Kier alpha value is -5.04. The zero-order valence-electron chi connectivity index (χ0n) is 27.4. The molecule has 1 unspecified atom stereocenters. The lowest BCUT2D eigenvalue weighted by Gasteiger charge is -2.30. The number of carbonyl (C=O) groups is 4. The van der Waals surface area contributed by atoms with Crippen LogP contribution < -0.4 is 10.6 Å². The summed E-state index contributed by atoms with van der Waals surface area (Å²) in [5, 5.41) is 23.1. The van der Waals surface area contributed by atoms with Crippen LogP contribution in [0.25, 0.3) is 0 Å². The van der Waals surface area contributed by atoms with Crippen LogP contribution in [0.4, 0.5) is 27.2 Å². The van der Waals surface area contributed by atoms with Gasteiger partial charge in [-0.1, -0.05) is 60.7 Å². The smallest absolute Gasteiger partial charge is 0.338 e. The van der Waals surface area contributed by atoms with Crippen LogP contribution in [0.15, 0.2) is 85.0 Å². The Kier molecular flexibility index (Phi) is 12.1. The van der Waals surface area contributed by atoms with Gasteiger partial charge in [-0.15, -0.1) is 0 Å². The molecule has 52 heavy (non-hydrogen) atoms. The first kappa shape index (κ1) is 38.2. The number of carbonyl (C=O) groups excluding carboxylic acids is 4. The van der Waals surface area contributed by atoms with Gasteiger partial charge in [0, 0.05) is 26.2 Å². The summed E-state index contributed by atoms with van der Waals surface area (Å²) in [7, 11) is 0. The molecule has 0 aromatic heterocycles. The van der Waals surface area contributed by atoms with Gasteiger partial charge in [0.05, 0.1) is 17.7 Å². The zero-order valence-corrected chi connectivity index (χ0v) is 27.4. The fourth-order valence-electron chi connectivity index (χ4n) is 5.61. The molecule has 4 amide bonds. The summed E-state index contributed by atoms with van der Waals surface area (Å²) >= 11 is 0. The SMILES string of the molecule is O=C(OC[C@H]1OC(N2CC=CCNC2=O)C(F)(F)[C@@H]1OC(=O)c1ccccc1)c1ccccc1.O=C1NCC=CCN1[C@@H]1O[C@H](CO)[C@@H](O)C1(F)F. The number of aliphatic hydroxyl groups is 2. The number of nitrogens with one attached hydrogen (secondary N) is 2. The second-order valence-corrected chi connectivity index (χ2v) is 11.8. The third-order valence-corrected chi connectivity index (χ3v) is 8.31. The van der Waals surface area contributed by atoms with Gasteiger partial charge in [0.25, 0.3) is 0 Å². The number of aliphatic hydroxyl groups excluding tert-OH is 2. The third kappa shape index (κ3) is 8.36. The lowest BCUT2D eigenvalue weighted by molar-refractivity contribution is -0.153. The van der Waals surface area contributed by atoms with Crippen LogP contribution in [0, 0.1) is 0 Å². The summed E-state index contributed by atoms with van der Waals surface area (Å²) in [4.78, 5) is 50.5. The lowest BCUT2D eigenvalue weighted by Crippen LogP contribution is -2.54. The van der Waals surface area contributed by atoms with E-state index < -0.39 is 85.9 Å². The molecule has 2 aromatic carbocycles. The molecule has 4 heterocycles. The van der Waals surface area contributed by atoms with E-state index in [2.05, 4.69) is 10.6 Å². The van der Waals surface area contributed by atoms with Gasteiger partial charge >= 0.3 is 35.8 Å². The minimum Gasteiger partial charge on any atom is -0.459 e. The number of halogens is 4. The molecular weight excluding hydrogens is 700 g/mol. The topological polar surface area (TPSA) is 176 Å². The number of esters is 2. The molecule has 4 aliphatic heterocycles. The number of rotatable bonds is 8. The lowest BCUT2D eigenvalue weighted by atomic mass is 10.1. The van der Waals surface area contributed by atoms with Gasteiger partial charge in [-0.05, 0) is 24.3 Å². The monoisotopic (exact) mass is 736 g/mol. The van der Waals surface area contributed by atoms with Crippen molar-refractivity contribution in [2.45, 2.75) is 48.7 Å². The molecule has 0 saturated carbocycles. The highest BCUT2D eigenvalue weighted by Crippen LogP contribution is 2.41. The van der Waals surface area contributed by atoms with Gasteiger partial charge in [0.1, 0.15) is 18.8 Å². The van der Waals surface area contributed by atoms with E-state index >= 15 is 8.78 Å². The van der Waals surface area contributed by atoms with E-state index in [0.29, 0.717) is 0 Å². The molecule has 0 radical (unpaired) electrons. The number of benzene rings is 2. The maximum absolute atomic E-state index is 15.5. The van der Waals surface area contributed by atoms with E-state index in [0.717, 1.165) is 9.80 Å². The van der Waals surface area contributed by atoms with E-state index in [1.165, 1.54) is 24.3 Å². The van der Waals surface area contributed by atoms with Crippen molar-refractivity contribution in [3.63, 3.8) is 0 Å². The largest absolute Gasteiger partial charge is 0.459 e. The van der Waals surface area contributed by atoms with Crippen molar-refractivity contribution < 1.29 is 65.9 Å². The molecule has 2 saturated heterocycles. The highest BCUT2D eigenvalue weighted by Gasteiger charge is 2.64. The molecule has 280 valence electrons. The molecule has 2 aromatic rings. The molecule has 0 aliphatic carbocycles. The molecule has 4 N–H and O–H groups in total. The predicted octanol–water partition coefficient (Wildman–Crippen LogP) is 2.29. The second-order valence-electron chi connectivity index (χ2n) is 11.8. The first-order valence-corrected chi connectivity index (χ1v) is 16.1. The minimum atomic E-state index is -3.79. The van der Waals surface area contributed by atoms with Gasteiger partial charge < -0.3 is 39.8 Å². The first-order chi connectivity index (χ1) is 24.9. The zero-order chi connectivity index (χ0) is 37.5. The predicted molar refractivity (Wildman–Crippen MR) is 171 cm³/mol. The number of ether oxygens (including phenoxy) is 4. The van der Waals surface area contributed by atoms with E-state index in [1.807, 2.05) is 0 Å². The van der Waals surface area contributed by atoms with Gasteiger partial charge in [-0.2, -0.15) is 17.6 Å². The van der Waals surface area contributed by atoms with Crippen LogP contribution in [0.5, 0.6) is 0 Å². The van der Waals surface area contributed by atoms with Gasteiger partial charge in [-0.3, -0.25) is 9.80 Å². The molecule has 18 heteroatoms. The fraction of sp³-hybridized carbons (Fsp3) is 0.412. The minimum absolute atomic E-state index is 0.0447. The second kappa shape index (κ2) is 16.5. The summed E-state index contributed by atoms with van der Waals surface area (Å²) in [6.07, 6.45) is -4.72. The van der Waals surface area contributed by atoms with Gasteiger partial charge in [0.15, 0.2) is 12.2 Å². The molecule has 6 rings (SSSR count). The van der Waals surface area contributed by atoms with E-state index in [4.69, 9.17) is 24.1 Å². The Morgan fingerprint density at radius 2 is 1.23 bits per heavy atom. The van der Waals surface area contributed by atoms with Crippen LogP contribution >= 0.6 is 0 Å². The highest BCUT2D eigenvalue weighted by molar-refractivity contribution is 5.90. The Morgan fingerprint density at radius 3 is 1.73 bits per heavy atom. The molecule has 4 aliphatic rings. The normalized spacial score (nSPS) is 27.7. The standard InChI is InChI=1S/C24H22F2N2O6.C10H14F2N2O4/c25-24(26)19(34-21(30)17-11-5-2-6-12-17)18(15-32-20(29)16-9-3-1-4-10-16)33-22(24)28-14-8-7-13-27-23(28)31;11-10(12)7(16)6(5-15)18-8(10)14-4-2-1-3-13-9(14)17/h1-12,18-19,22H,13-15H2,(H,27,31);1-2,6-8,15-16H,3-5H2,(H,13,17)/t18-,19-,22?;6-,7-,8-/m11/s1. The quantitative estimate of drug-likeness (QED) is 0.179. The third-order valence-electron chi connectivity index (χ3n) is 8.31.